The van der Waals surface area contributed by atoms with E-state index >= 15 is 0 Å². The largest absolute Gasteiger partial charge is 0.465 e. The second-order valence-corrected chi connectivity index (χ2v) is 4.56. The normalized spacial score (nSPS) is 19.3. The Morgan fingerprint density at radius 3 is 2.29 bits per heavy atom. The number of nitrogens with zero attached hydrogens (tertiary/aromatic N) is 1. The third-order valence-corrected chi connectivity index (χ3v) is 3.57. The maximum atomic E-state index is 12.1. The zero-order valence-electron chi connectivity index (χ0n) is 11.4. The van der Waals surface area contributed by atoms with E-state index in [2.05, 4.69) is 24.1 Å². The second-order valence-electron chi connectivity index (χ2n) is 4.56. The molecule has 1 atom stereocenters. The maximum Gasteiger partial charge on any atom is 0.323 e. The minimum absolute atomic E-state index is 0.0388. The van der Waals surface area contributed by atoms with Crippen LogP contribution < -0.4 is 5.32 Å². The predicted octanol–water partition coefficient (Wildman–Crippen LogP) is 1.26. The number of nitrogens with one attached hydrogen (secondary N) is 1. The molecule has 4 nitrogen and oxygen atoms in total. The average Bonchev–Trinajstić information content (AvgIpc) is 2.37. The molecule has 1 saturated heterocycles. The fourth-order valence-corrected chi connectivity index (χ4v) is 2.56. The first-order valence-electron chi connectivity index (χ1n) is 6.85. The number of esters is 1. The molecular weight excluding hydrogens is 216 g/mol. The molecule has 0 amide bonds. The lowest BCUT2D eigenvalue weighted by atomic mass is 9.92. The van der Waals surface area contributed by atoms with Crippen molar-refractivity contribution >= 4 is 5.97 Å². The Morgan fingerprint density at radius 2 is 1.82 bits per heavy atom. The van der Waals surface area contributed by atoms with Gasteiger partial charge in [-0.25, -0.2) is 0 Å². The summed E-state index contributed by atoms with van der Waals surface area (Å²) < 4.78 is 5.24. The Kier molecular flexibility index (Phi) is 6.52. The molecule has 1 aliphatic rings. The Hall–Kier alpha value is -0.610. The quantitative estimate of drug-likeness (QED) is 0.712. The van der Waals surface area contributed by atoms with Crippen molar-refractivity contribution in [1.82, 2.24) is 10.2 Å². The molecule has 0 radical (unpaired) electrons. The van der Waals surface area contributed by atoms with Crippen LogP contribution in [0.15, 0.2) is 0 Å². The standard InChI is InChI=1S/C13H26N2O2/c1-4-11(5-2)12(13(16)17-6-3)15-9-7-14-8-10-15/h11-12,14H,4-10H2,1-3H3. The maximum absolute atomic E-state index is 12.1. The lowest BCUT2D eigenvalue weighted by molar-refractivity contribution is -0.152. The molecule has 1 rings (SSSR count). The molecular formula is C13H26N2O2. The number of piperazine rings is 1. The van der Waals surface area contributed by atoms with Gasteiger partial charge in [-0.2, -0.15) is 0 Å². The third kappa shape index (κ3) is 3.96. The van der Waals surface area contributed by atoms with Crippen LogP contribution in [0.1, 0.15) is 33.6 Å². The van der Waals surface area contributed by atoms with Gasteiger partial charge in [-0.15, -0.1) is 0 Å². The molecule has 1 fully saturated rings. The van der Waals surface area contributed by atoms with E-state index in [0.29, 0.717) is 12.5 Å². The predicted molar refractivity (Wildman–Crippen MR) is 68.9 cm³/mol. The summed E-state index contributed by atoms with van der Waals surface area (Å²) in [6.45, 7) is 10.5. The highest BCUT2D eigenvalue weighted by Gasteiger charge is 2.33. The van der Waals surface area contributed by atoms with E-state index in [4.69, 9.17) is 4.74 Å². The summed E-state index contributed by atoms with van der Waals surface area (Å²) in [4.78, 5) is 14.4. The molecule has 4 heteroatoms. The number of hydrogen-bond acceptors (Lipinski definition) is 4. The Balaban J connectivity index is 2.72. The fraction of sp³-hybridized carbons (Fsp3) is 0.923. The molecule has 1 aliphatic heterocycles. The van der Waals surface area contributed by atoms with E-state index in [-0.39, 0.29) is 12.0 Å². The minimum atomic E-state index is -0.0490. The van der Waals surface area contributed by atoms with Gasteiger partial charge in [-0.1, -0.05) is 26.7 Å². The van der Waals surface area contributed by atoms with E-state index in [0.717, 1.165) is 39.0 Å². The van der Waals surface area contributed by atoms with Crippen LogP contribution in [0.5, 0.6) is 0 Å². The smallest absolute Gasteiger partial charge is 0.323 e. The number of rotatable bonds is 6. The summed E-state index contributed by atoms with van der Waals surface area (Å²) in [5.74, 6) is 0.371. The highest BCUT2D eigenvalue weighted by atomic mass is 16.5. The number of ether oxygens (including phenoxy) is 1. The lowest BCUT2D eigenvalue weighted by Crippen LogP contribution is -2.54. The van der Waals surface area contributed by atoms with Gasteiger partial charge < -0.3 is 10.1 Å². The first kappa shape index (κ1) is 14.5. The molecule has 0 aromatic rings. The molecule has 0 aromatic heterocycles. The van der Waals surface area contributed by atoms with Gasteiger partial charge in [0.2, 0.25) is 0 Å². The van der Waals surface area contributed by atoms with Crippen LogP contribution in [-0.4, -0.2) is 49.7 Å². The van der Waals surface area contributed by atoms with Crippen LogP contribution in [0.4, 0.5) is 0 Å². The Bertz CT molecular complexity index is 223. The summed E-state index contributed by atoms with van der Waals surface area (Å²) >= 11 is 0. The third-order valence-electron chi connectivity index (χ3n) is 3.57. The van der Waals surface area contributed by atoms with Gasteiger partial charge >= 0.3 is 5.97 Å². The Labute approximate surface area is 105 Å². The SMILES string of the molecule is CCOC(=O)C(C(CC)CC)N1CCNCC1. The fourth-order valence-electron chi connectivity index (χ4n) is 2.56. The topological polar surface area (TPSA) is 41.6 Å². The van der Waals surface area contributed by atoms with Crippen LogP contribution in [0.3, 0.4) is 0 Å². The summed E-state index contributed by atoms with van der Waals surface area (Å²) in [5, 5.41) is 3.32. The molecule has 0 aliphatic carbocycles. The molecule has 1 heterocycles. The first-order chi connectivity index (χ1) is 8.24. The monoisotopic (exact) mass is 242 g/mol. The van der Waals surface area contributed by atoms with Gasteiger partial charge in [-0.05, 0) is 12.8 Å². The van der Waals surface area contributed by atoms with Crippen LogP contribution in [0.25, 0.3) is 0 Å². The molecule has 17 heavy (non-hydrogen) atoms. The van der Waals surface area contributed by atoms with Crippen LogP contribution >= 0.6 is 0 Å². The molecule has 0 spiro atoms. The minimum Gasteiger partial charge on any atom is -0.465 e. The number of carbonyl (C=O) groups is 1. The Morgan fingerprint density at radius 1 is 1.24 bits per heavy atom. The van der Waals surface area contributed by atoms with Crippen molar-refractivity contribution in [3.05, 3.63) is 0 Å². The summed E-state index contributed by atoms with van der Waals surface area (Å²) in [6, 6.07) is -0.0490. The highest BCUT2D eigenvalue weighted by Crippen LogP contribution is 2.20. The van der Waals surface area contributed by atoms with E-state index in [1.165, 1.54) is 0 Å². The van der Waals surface area contributed by atoms with Crippen molar-refractivity contribution in [1.29, 1.82) is 0 Å². The van der Waals surface area contributed by atoms with Crippen molar-refractivity contribution in [3.63, 3.8) is 0 Å². The van der Waals surface area contributed by atoms with Crippen LogP contribution in [-0.2, 0) is 9.53 Å². The molecule has 100 valence electrons. The summed E-state index contributed by atoms with van der Waals surface area (Å²) in [7, 11) is 0. The van der Waals surface area contributed by atoms with Gasteiger partial charge in [-0.3, -0.25) is 9.69 Å². The van der Waals surface area contributed by atoms with Crippen molar-refractivity contribution in [3.8, 4) is 0 Å². The van der Waals surface area contributed by atoms with Gasteiger partial charge in [0.05, 0.1) is 6.61 Å². The van der Waals surface area contributed by atoms with Crippen molar-refractivity contribution in [2.45, 2.75) is 39.7 Å². The van der Waals surface area contributed by atoms with Gasteiger partial charge in [0.25, 0.3) is 0 Å². The van der Waals surface area contributed by atoms with Crippen molar-refractivity contribution in [2.24, 2.45) is 5.92 Å². The molecule has 0 aromatic carbocycles. The lowest BCUT2D eigenvalue weighted by Gasteiger charge is -2.37. The molecule has 1 N–H and O–H groups in total. The molecule has 0 bridgehead atoms. The zero-order valence-corrected chi connectivity index (χ0v) is 11.4. The highest BCUT2D eigenvalue weighted by molar-refractivity contribution is 5.76. The first-order valence-corrected chi connectivity index (χ1v) is 6.85. The van der Waals surface area contributed by atoms with Crippen LogP contribution in [0, 0.1) is 5.92 Å². The van der Waals surface area contributed by atoms with E-state index in [1.54, 1.807) is 0 Å². The molecule has 1 unspecified atom stereocenters. The average molecular weight is 242 g/mol. The van der Waals surface area contributed by atoms with Gasteiger partial charge in [0.15, 0.2) is 0 Å². The van der Waals surface area contributed by atoms with Gasteiger partial charge in [0, 0.05) is 26.2 Å². The molecule has 0 saturated carbocycles. The second kappa shape index (κ2) is 7.67. The summed E-state index contributed by atoms with van der Waals surface area (Å²) in [5.41, 5.74) is 0. The van der Waals surface area contributed by atoms with Crippen LogP contribution in [0.2, 0.25) is 0 Å². The number of hydrogen-bond donors (Lipinski definition) is 1. The van der Waals surface area contributed by atoms with Gasteiger partial charge in [0.1, 0.15) is 6.04 Å². The van der Waals surface area contributed by atoms with Crippen molar-refractivity contribution < 1.29 is 9.53 Å². The van der Waals surface area contributed by atoms with E-state index in [9.17, 15) is 4.79 Å². The van der Waals surface area contributed by atoms with Crippen molar-refractivity contribution in [2.75, 3.05) is 32.8 Å². The van der Waals surface area contributed by atoms with E-state index < -0.39 is 0 Å². The van der Waals surface area contributed by atoms with E-state index in [1.807, 2.05) is 6.92 Å². The summed E-state index contributed by atoms with van der Waals surface area (Å²) in [6.07, 6.45) is 2.06. The zero-order chi connectivity index (χ0) is 12.7. The number of carbonyl (C=O) groups excluding carboxylic acids is 1.